The first kappa shape index (κ1) is 15.6. The molecule has 5 heteroatoms. The summed E-state index contributed by atoms with van der Waals surface area (Å²) in [5.74, 6) is -0.804. The zero-order chi connectivity index (χ0) is 15.5. The maximum atomic E-state index is 10.8. The molecule has 1 aromatic carbocycles. The zero-order valence-corrected chi connectivity index (χ0v) is 13.4. The lowest BCUT2D eigenvalue weighted by molar-refractivity contribution is -0.133. The van der Waals surface area contributed by atoms with Crippen LogP contribution in [0, 0.1) is 0 Å². The second kappa shape index (κ2) is 6.35. The van der Waals surface area contributed by atoms with Gasteiger partial charge >= 0.3 is 5.97 Å². The van der Waals surface area contributed by atoms with E-state index in [-0.39, 0.29) is 11.2 Å². The molecule has 21 heavy (non-hydrogen) atoms. The van der Waals surface area contributed by atoms with E-state index < -0.39 is 5.97 Å². The van der Waals surface area contributed by atoms with Crippen LogP contribution in [0.2, 0.25) is 0 Å². The highest BCUT2D eigenvalue weighted by molar-refractivity contribution is 7.99. The van der Waals surface area contributed by atoms with E-state index in [1.807, 2.05) is 24.4 Å². The topological polar surface area (TPSA) is 55.1 Å². The van der Waals surface area contributed by atoms with Crippen LogP contribution in [0.3, 0.4) is 0 Å². The minimum Gasteiger partial charge on any atom is -0.481 e. The van der Waals surface area contributed by atoms with Crippen molar-refractivity contribution in [1.29, 1.82) is 0 Å². The van der Waals surface area contributed by atoms with Gasteiger partial charge in [0.25, 0.3) is 0 Å². The lowest BCUT2D eigenvalue weighted by Gasteiger charge is -2.22. The van der Waals surface area contributed by atoms with Crippen molar-refractivity contribution in [3.8, 4) is 0 Å². The average Bonchev–Trinajstić information content (AvgIpc) is 2.80. The Hall–Kier alpha value is -1.75. The number of carboxylic acids is 1. The summed E-state index contributed by atoms with van der Waals surface area (Å²) in [5.41, 5.74) is 2.25. The molecule has 2 rings (SSSR count). The first-order valence-corrected chi connectivity index (χ1v) is 7.81. The van der Waals surface area contributed by atoms with E-state index in [1.165, 1.54) is 17.3 Å². The molecule has 0 saturated heterocycles. The second-order valence-electron chi connectivity index (χ2n) is 5.93. The Labute approximate surface area is 129 Å². The maximum Gasteiger partial charge on any atom is 0.313 e. The summed E-state index contributed by atoms with van der Waals surface area (Å²) in [4.78, 5) is 15.2. The highest BCUT2D eigenvalue weighted by Gasteiger charge is 2.22. The summed E-state index contributed by atoms with van der Waals surface area (Å²) < 4.78 is 2.11. The Morgan fingerprint density at radius 3 is 2.52 bits per heavy atom. The van der Waals surface area contributed by atoms with Crippen LogP contribution in [0.1, 0.15) is 32.0 Å². The van der Waals surface area contributed by atoms with Crippen LogP contribution in [0.5, 0.6) is 0 Å². The van der Waals surface area contributed by atoms with Crippen molar-refractivity contribution in [2.45, 2.75) is 37.9 Å². The standard InChI is InChI=1S/C16H20N2O2S/c1-16(2,3)13-9-17-15(21-11-14(19)20)18(13)10-12-7-5-4-6-8-12/h4-9H,10-11H2,1-3H3,(H,19,20). The van der Waals surface area contributed by atoms with Gasteiger partial charge in [-0.2, -0.15) is 0 Å². The molecule has 0 unspecified atom stereocenters. The van der Waals surface area contributed by atoms with Gasteiger partial charge in [0.15, 0.2) is 5.16 Å². The van der Waals surface area contributed by atoms with Gasteiger partial charge in [-0.1, -0.05) is 62.9 Å². The minimum atomic E-state index is -0.827. The second-order valence-corrected chi connectivity index (χ2v) is 6.87. The lowest BCUT2D eigenvalue weighted by Crippen LogP contribution is -2.18. The zero-order valence-electron chi connectivity index (χ0n) is 12.5. The van der Waals surface area contributed by atoms with Crippen LogP contribution in [-0.4, -0.2) is 26.4 Å². The van der Waals surface area contributed by atoms with Crippen molar-refractivity contribution in [1.82, 2.24) is 9.55 Å². The van der Waals surface area contributed by atoms with Crippen molar-refractivity contribution in [3.05, 3.63) is 47.8 Å². The molecule has 2 aromatic rings. The molecule has 0 radical (unpaired) electrons. The van der Waals surface area contributed by atoms with Crippen molar-refractivity contribution in [2.24, 2.45) is 0 Å². The summed E-state index contributed by atoms with van der Waals surface area (Å²) in [6, 6.07) is 10.1. The summed E-state index contributed by atoms with van der Waals surface area (Å²) in [5, 5.41) is 9.62. The molecule has 0 spiro atoms. The molecule has 0 aliphatic heterocycles. The van der Waals surface area contributed by atoms with Gasteiger partial charge in [-0.25, -0.2) is 4.98 Å². The van der Waals surface area contributed by atoms with Gasteiger partial charge in [-0.3, -0.25) is 4.79 Å². The van der Waals surface area contributed by atoms with E-state index in [0.717, 1.165) is 10.9 Å². The number of benzene rings is 1. The average molecular weight is 304 g/mol. The summed E-state index contributed by atoms with van der Waals surface area (Å²) in [6.07, 6.45) is 1.85. The van der Waals surface area contributed by atoms with Crippen molar-refractivity contribution in [2.75, 3.05) is 5.75 Å². The molecule has 4 nitrogen and oxygen atoms in total. The normalized spacial score (nSPS) is 11.6. The molecule has 1 N–H and O–H groups in total. The number of aromatic nitrogens is 2. The third-order valence-corrected chi connectivity index (χ3v) is 4.07. The van der Waals surface area contributed by atoms with E-state index in [4.69, 9.17) is 5.11 Å². The number of hydrogen-bond acceptors (Lipinski definition) is 3. The van der Waals surface area contributed by atoms with Gasteiger partial charge in [0.05, 0.1) is 5.75 Å². The van der Waals surface area contributed by atoms with E-state index >= 15 is 0 Å². The Morgan fingerprint density at radius 2 is 1.95 bits per heavy atom. The number of carbonyl (C=O) groups is 1. The summed E-state index contributed by atoms with van der Waals surface area (Å²) in [7, 11) is 0. The molecule has 0 bridgehead atoms. The Balaban J connectivity index is 2.34. The van der Waals surface area contributed by atoms with Crippen molar-refractivity contribution in [3.63, 3.8) is 0 Å². The summed E-state index contributed by atoms with van der Waals surface area (Å²) >= 11 is 1.26. The largest absolute Gasteiger partial charge is 0.481 e. The number of aliphatic carboxylic acids is 1. The predicted octanol–water partition coefficient (Wildman–Crippen LogP) is 3.41. The Kier molecular flexibility index (Phi) is 4.73. The number of rotatable bonds is 5. The molecule has 1 heterocycles. The fraction of sp³-hybridized carbons (Fsp3) is 0.375. The first-order valence-electron chi connectivity index (χ1n) is 6.82. The number of thioether (sulfide) groups is 1. The van der Waals surface area contributed by atoms with Crippen molar-refractivity contribution >= 4 is 17.7 Å². The molecule has 0 aliphatic carbocycles. The van der Waals surface area contributed by atoms with E-state index in [1.54, 1.807) is 0 Å². The minimum absolute atomic E-state index is 0.0232. The Morgan fingerprint density at radius 1 is 1.29 bits per heavy atom. The van der Waals surface area contributed by atoms with Gasteiger partial charge in [-0.05, 0) is 5.56 Å². The van der Waals surface area contributed by atoms with Gasteiger partial charge in [-0.15, -0.1) is 0 Å². The quantitative estimate of drug-likeness (QED) is 0.860. The Bertz CT molecular complexity index is 615. The molecule has 1 aromatic heterocycles. The van der Waals surface area contributed by atoms with Crippen LogP contribution in [0.4, 0.5) is 0 Å². The molecule has 112 valence electrons. The van der Waals surface area contributed by atoms with Gasteiger partial charge < -0.3 is 9.67 Å². The molecular formula is C16H20N2O2S. The molecule has 0 atom stereocenters. The van der Waals surface area contributed by atoms with Gasteiger partial charge in [0, 0.05) is 23.9 Å². The summed E-state index contributed by atoms with van der Waals surface area (Å²) in [6.45, 7) is 7.11. The third kappa shape index (κ3) is 4.11. The highest BCUT2D eigenvalue weighted by atomic mass is 32.2. The number of hydrogen-bond donors (Lipinski definition) is 1. The lowest BCUT2D eigenvalue weighted by atomic mass is 9.92. The van der Waals surface area contributed by atoms with Crippen LogP contribution in [0.15, 0.2) is 41.7 Å². The number of nitrogens with zero attached hydrogens (tertiary/aromatic N) is 2. The van der Waals surface area contributed by atoms with E-state index in [2.05, 4.69) is 42.5 Å². The van der Waals surface area contributed by atoms with Crippen LogP contribution < -0.4 is 0 Å². The SMILES string of the molecule is CC(C)(C)c1cnc(SCC(=O)O)n1Cc1ccccc1. The maximum absolute atomic E-state index is 10.8. The van der Waals surface area contributed by atoms with Crippen LogP contribution >= 0.6 is 11.8 Å². The van der Waals surface area contributed by atoms with Crippen molar-refractivity contribution < 1.29 is 9.90 Å². The van der Waals surface area contributed by atoms with E-state index in [0.29, 0.717) is 6.54 Å². The fourth-order valence-corrected chi connectivity index (χ4v) is 2.82. The predicted molar refractivity (Wildman–Crippen MR) is 84.8 cm³/mol. The number of imidazole rings is 1. The van der Waals surface area contributed by atoms with Gasteiger partial charge in [0.1, 0.15) is 0 Å². The number of carboxylic acid groups (broad SMARTS) is 1. The van der Waals surface area contributed by atoms with E-state index in [9.17, 15) is 4.79 Å². The molecule has 0 amide bonds. The molecule has 0 fully saturated rings. The highest BCUT2D eigenvalue weighted by Crippen LogP contribution is 2.28. The first-order chi connectivity index (χ1) is 9.88. The van der Waals surface area contributed by atoms with Gasteiger partial charge in [0.2, 0.25) is 0 Å². The monoisotopic (exact) mass is 304 g/mol. The molecule has 0 saturated carbocycles. The van der Waals surface area contributed by atoms with Crippen LogP contribution in [0.25, 0.3) is 0 Å². The molecular weight excluding hydrogens is 284 g/mol. The molecule has 0 aliphatic rings. The fourth-order valence-electron chi connectivity index (χ4n) is 2.12. The smallest absolute Gasteiger partial charge is 0.313 e. The third-order valence-electron chi connectivity index (χ3n) is 3.10. The van der Waals surface area contributed by atoms with Crippen LogP contribution in [-0.2, 0) is 16.8 Å².